The van der Waals surface area contributed by atoms with Crippen molar-refractivity contribution >= 4 is 39.4 Å². The number of fused-ring (bicyclic) bond motifs is 1. The Morgan fingerprint density at radius 3 is 2.67 bits per heavy atom. The average molecular weight is 480 g/mol. The maximum Gasteiger partial charge on any atom is 0.274 e. The number of aromatic nitrogens is 3. The highest BCUT2D eigenvalue weighted by Crippen LogP contribution is 2.33. The highest BCUT2D eigenvalue weighted by Gasteiger charge is 2.35. The number of imidazole rings is 1. The van der Waals surface area contributed by atoms with Crippen molar-refractivity contribution in [1.82, 2.24) is 24.6 Å². The van der Waals surface area contributed by atoms with Gasteiger partial charge in [0.2, 0.25) is 0 Å². The Labute approximate surface area is 200 Å². The average Bonchev–Trinajstić information content (AvgIpc) is 3.42. The number of amides is 2. The highest BCUT2D eigenvalue weighted by molar-refractivity contribution is 7.15. The molecule has 4 aromatic rings. The van der Waals surface area contributed by atoms with E-state index in [9.17, 15) is 9.59 Å². The zero-order valence-electron chi connectivity index (χ0n) is 19.0. The second-order valence-electron chi connectivity index (χ2n) is 8.47. The fourth-order valence-corrected chi connectivity index (χ4v) is 6.10. The summed E-state index contributed by atoms with van der Waals surface area (Å²) in [5.74, 6) is -0.275. The molecular weight excluding hydrogens is 454 g/mol. The molecule has 1 N–H and O–H groups in total. The van der Waals surface area contributed by atoms with Gasteiger partial charge in [0, 0.05) is 24.2 Å². The van der Waals surface area contributed by atoms with E-state index in [0.29, 0.717) is 24.5 Å². The Balaban J connectivity index is 1.30. The summed E-state index contributed by atoms with van der Waals surface area (Å²) in [4.78, 5) is 38.8. The SMILES string of the molecule is Cc1cccc(-c2sc(C)nc2C(=O)N2CC[C@@H]2CNC(=O)c2nc3scc(C)n3c2C)c1. The normalized spacial score (nSPS) is 15.6. The number of aryl methyl sites for hydroxylation is 4. The van der Waals surface area contributed by atoms with Crippen LogP contribution in [-0.2, 0) is 0 Å². The lowest BCUT2D eigenvalue weighted by Gasteiger charge is -2.40. The van der Waals surface area contributed by atoms with Gasteiger partial charge in [-0.2, -0.15) is 0 Å². The van der Waals surface area contributed by atoms with Crippen molar-refractivity contribution in [2.24, 2.45) is 0 Å². The van der Waals surface area contributed by atoms with Crippen LogP contribution in [0.25, 0.3) is 15.4 Å². The molecule has 1 atom stereocenters. The number of carbonyl (C=O) groups excluding carboxylic acids is 2. The molecule has 0 spiro atoms. The van der Waals surface area contributed by atoms with Crippen molar-refractivity contribution in [2.75, 3.05) is 13.1 Å². The molecule has 1 aliphatic heterocycles. The van der Waals surface area contributed by atoms with E-state index in [-0.39, 0.29) is 17.9 Å². The summed E-state index contributed by atoms with van der Waals surface area (Å²) in [5.41, 5.74) is 5.01. The van der Waals surface area contributed by atoms with Gasteiger partial charge >= 0.3 is 0 Å². The number of nitrogens with zero attached hydrogens (tertiary/aromatic N) is 4. The number of hydrogen-bond acceptors (Lipinski definition) is 6. The molecule has 1 aliphatic rings. The van der Waals surface area contributed by atoms with Gasteiger partial charge in [0.25, 0.3) is 11.8 Å². The highest BCUT2D eigenvalue weighted by atomic mass is 32.1. The Morgan fingerprint density at radius 1 is 1.15 bits per heavy atom. The summed E-state index contributed by atoms with van der Waals surface area (Å²) in [5, 5.41) is 5.88. The van der Waals surface area contributed by atoms with Crippen LogP contribution in [0, 0.1) is 27.7 Å². The predicted molar refractivity (Wildman–Crippen MR) is 131 cm³/mol. The van der Waals surface area contributed by atoms with Crippen molar-refractivity contribution in [3.63, 3.8) is 0 Å². The summed E-state index contributed by atoms with van der Waals surface area (Å²) < 4.78 is 2.00. The smallest absolute Gasteiger partial charge is 0.274 e. The maximum atomic E-state index is 13.4. The first-order valence-electron chi connectivity index (χ1n) is 10.9. The molecule has 4 heterocycles. The third-order valence-electron chi connectivity index (χ3n) is 6.10. The molecule has 170 valence electrons. The fourth-order valence-electron chi connectivity index (χ4n) is 4.28. The third kappa shape index (κ3) is 3.85. The van der Waals surface area contributed by atoms with Crippen LogP contribution >= 0.6 is 22.7 Å². The molecule has 3 aromatic heterocycles. The number of carbonyl (C=O) groups is 2. The van der Waals surface area contributed by atoms with Crippen molar-refractivity contribution in [1.29, 1.82) is 0 Å². The van der Waals surface area contributed by atoms with E-state index in [1.807, 2.05) is 60.6 Å². The van der Waals surface area contributed by atoms with Crippen LogP contribution in [0.15, 0.2) is 29.6 Å². The number of nitrogens with one attached hydrogen (secondary N) is 1. The van der Waals surface area contributed by atoms with Gasteiger partial charge in [0.15, 0.2) is 10.7 Å². The quantitative estimate of drug-likeness (QED) is 0.460. The second-order valence-corrected chi connectivity index (χ2v) is 10.5. The Bertz CT molecular complexity index is 1380. The predicted octanol–water partition coefficient (Wildman–Crippen LogP) is 4.40. The first-order chi connectivity index (χ1) is 15.8. The summed E-state index contributed by atoms with van der Waals surface area (Å²) in [6, 6.07) is 8.10. The van der Waals surface area contributed by atoms with Gasteiger partial charge < -0.3 is 10.2 Å². The van der Waals surface area contributed by atoms with E-state index in [2.05, 4.69) is 21.4 Å². The number of thiazole rings is 2. The molecule has 0 aliphatic carbocycles. The molecule has 0 bridgehead atoms. The Morgan fingerprint density at radius 2 is 1.97 bits per heavy atom. The van der Waals surface area contributed by atoms with Crippen molar-refractivity contribution in [2.45, 2.75) is 40.2 Å². The molecule has 2 amide bonds. The van der Waals surface area contributed by atoms with Crippen LogP contribution < -0.4 is 5.32 Å². The number of rotatable bonds is 5. The van der Waals surface area contributed by atoms with Crippen LogP contribution in [0.4, 0.5) is 0 Å². The van der Waals surface area contributed by atoms with E-state index in [0.717, 1.165) is 43.8 Å². The van der Waals surface area contributed by atoms with Gasteiger partial charge in [-0.25, -0.2) is 9.97 Å². The largest absolute Gasteiger partial charge is 0.349 e. The molecule has 0 saturated carbocycles. The van der Waals surface area contributed by atoms with Gasteiger partial charge in [-0.15, -0.1) is 22.7 Å². The standard InChI is InChI=1S/C24H25N5O2S2/c1-13-6-5-7-17(10-13)21-20(26-16(4)33-21)23(31)28-9-8-18(28)11-25-22(30)19-15(3)29-14(2)12-32-24(29)27-19/h5-7,10,12,18H,8-9,11H2,1-4H3,(H,25,30)/t18-/m1/s1. The number of likely N-dealkylation sites (tertiary alicyclic amines) is 1. The molecule has 0 unspecified atom stereocenters. The first kappa shape index (κ1) is 21.8. The molecule has 1 fully saturated rings. The van der Waals surface area contributed by atoms with Crippen LogP contribution in [-0.4, -0.2) is 50.2 Å². The summed E-state index contributed by atoms with van der Waals surface area (Å²) >= 11 is 3.06. The van der Waals surface area contributed by atoms with Gasteiger partial charge in [-0.05, 0) is 39.7 Å². The van der Waals surface area contributed by atoms with E-state index in [4.69, 9.17) is 0 Å². The van der Waals surface area contributed by atoms with E-state index in [1.54, 1.807) is 11.3 Å². The summed E-state index contributed by atoms with van der Waals surface area (Å²) in [6.07, 6.45) is 0.852. The van der Waals surface area contributed by atoms with Gasteiger partial charge in [0.1, 0.15) is 5.69 Å². The van der Waals surface area contributed by atoms with Crippen molar-refractivity contribution in [3.8, 4) is 10.4 Å². The van der Waals surface area contributed by atoms with Crippen molar-refractivity contribution < 1.29 is 9.59 Å². The van der Waals surface area contributed by atoms with E-state index < -0.39 is 0 Å². The van der Waals surface area contributed by atoms with Gasteiger partial charge in [-0.3, -0.25) is 14.0 Å². The summed E-state index contributed by atoms with van der Waals surface area (Å²) in [7, 11) is 0. The Hall–Kier alpha value is -3.04. The third-order valence-corrected chi connectivity index (χ3v) is 8.06. The summed E-state index contributed by atoms with van der Waals surface area (Å²) in [6.45, 7) is 8.95. The molecule has 1 saturated heterocycles. The Kier molecular flexibility index (Phi) is 5.54. The molecule has 5 rings (SSSR count). The van der Waals surface area contributed by atoms with Gasteiger partial charge in [-0.1, -0.05) is 29.8 Å². The molecule has 1 aromatic carbocycles. The van der Waals surface area contributed by atoms with E-state index >= 15 is 0 Å². The van der Waals surface area contributed by atoms with Crippen molar-refractivity contribution in [3.05, 3.63) is 63.0 Å². The minimum absolute atomic E-state index is 0.0420. The maximum absolute atomic E-state index is 13.4. The zero-order valence-corrected chi connectivity index (χ0v) is 20.6. The molecule has 9 heteroatoms. The van der Waals surface area contributed by atoms with E-state index in [1.165, 1.54) is 11.3 Å². The minimum Gasteiger partial charge on any atom is -0.349 e. The van der Waals surface area contributed by atoms with Crippen LogP contribution in [0.3, 0.4) is 0 Å². The first-order valence-corrected chi connectivity index (χ1v) is 12.6. The lowest BCUT2D eigenvalue weighted by Crippen LogP contribution is -2.56. The molecular formula is C24H25N5O2S2. The number of hydrogen-bond donors (Lipinski definition) is 1. The topological polar surface area (TPSA) is 79.6 Å². The van der Waals surface area contributed by atoms with Gasteiger partial charge in [0.05, 0.1) is 21.6 Å². The lowest BCUT2D eigenvalue weighted by molar-refractivity contribution is 0.0451. The zero-order chi connectivity index (χ0) is 23.3. The molecule has 33 heavy (non-hydrogen) atoms. The number of benzene rings is 1. The second kappa shape index (κ2) is 8.39. The lowest BCUT2D eigenvalue weighted by atomic mass is 10.0. The van der Waals surface area contributed by atoms with Crippen LogP contribution in [0.1, 0.15) is 49.4 Å². The molecule has 7 nitrogen and oxygen atoms in total. The van der Waals surface area contributed by atoms with Crippen LogP contribution in [0.2, 0.25) is 0 Å². The fraction of sp³-hybridized carbons (Fsp3) is 0.333. The van der Waals surface area contributed by atoms with Crippen LogP contribution in [0.5, 0.6) is 0 Å². The minimum atomic E-state index is -0.202. The monoisotopic (exact) mass is 479 g/mol. The molecule has 0 radical (unpaired) electrons.